The van der Waals surface area contributed by atoms with Gasteiger partial charge in [-0.3, -0.25) is 9.78 Å². The first kappa shape index (κ1) is 50.8. The molecule has 0 aliphatic carbocycles. The Morgan fingerprint density at radius 2 is 1.03 bits per heavy atom. The molecule has 2 aliphatic rings. The first-order valence-corrected chi connectivity index (χ1v) is 19.8. The van der Waals surface area contributed by atoms with Gasteiger partial charge in [0.25, 0.3) is 5.56 Å². The van der Waals surface area contributed by atoms with Crippen LogP contribution in [-0.2, 0) is 47.4 Å². The molecule has 2 N–H and O–H groups in total. The molecule has 0 bridgehead atoms. The summed E-state index contributed by atoms with van der Waals surface area (Å²) >= 11 is 0. The zero-order valence-corrected chi connectivity index (χ0v) is 38.9. The van der Waals surface area contributed by atoms with Crippen LogP contribution >= 0.6 is 0 Å². The van der Waals surface area contributed by atoms with E-state index in [1.54, 1.807) is 83.1 Å². The van der Waals surface area contributed by atoms with Gasteiger partial charge in [-0.15, -0.1) is 4.90 Å². The summed E-state index contributed by atoms with van der Waals surface area (Å²) in [6.07, 6.45) is -14.3. The Balaban J connectivity index is 2.39. The van der Waals surface area contributed by atoms with Gasteiger partial charge in [-0.25, -0.2) is 33.7 Å². The van der Waals surface area contributed by atoms with E-state index >= 15 is 0 Å². The normalized spacial score (nSPS) is 20.5. The van der Waals surface area contributed by atoms with E-state index in [0.29, 0.717) is 4.90 Å². The smallest absolute Gasteiger partial charge is 0.443 e. The molecule has 350 valence electrons. The number of anilines is 3. The number of nitrogens with one attached hydrogen (secondary N) is 2. The highest BCUT2D eigenvalue weighted by atomic mass is 16.8. The van der Waals surface area contributed by atoms with Gasteiger partial charge in [0.05, 0.1) is 0 Å². The van der Waals surface area contributed by atoms with Gasteiger partial charge < -0.3 is 52.7 Å². The Labute approximate surface area is 360 Å². The average Bonchev–Trinajstić information content (AvgIpc) is 2.99. The fraction of sp³-hybridized carbons (Fsp3) is 0.750. The van der Waals surface area contributed by atoms with Crippen molar-refractivity contribution in [2.24, 2.45) is 0 Å². The molecule has 5 unspecified atom stereocenters. The first-order chi connectivity index (χ1) is 27.8. The molecule has 5 atom stereocenters. The first-order valence-electron chi connectivity index (χ1n) is 19.8. The number of hydrogen-bond donors (Lipinski definition) is 2. The number of amides is 3. The third-order valence-electron chi connectivity index (χ3n) is 7.30. The van der Waals surface area contributed by atoms with Crippen molar-refractivity contribution in [1.29, 1.82) is 0 Å². The third kappa shape index (κ3) is 15.1. The highest BCUT2D eigenvalue weighted by Crippen LogP contribution is 2.40. The minimum atomic E-state index is -1.75. The van der Waals surface area contributed by atoms with Gasteiger partial charge in [0, 0.05) is 0 Å². The lowest BCUT2D eigenvalue weighted by molar-refractivity contribution is -0.202. The van der Waals surface area contributed by atoms with Gasteiger partial charge in [0.15, 0.2) is 24.3 Å². The van der Waals surface area contributed by atoms with Crippen molar-refractivity contribution in [2.75, 3.05) is 21.7 Å². The van der Waals surface area contributed by atoms with Crippen LogP contribution in [0, 0.1) is 0 Å². The van der Waals surface area contributed by atoms with Crippen LogP contribution in [-0.4, -0.2) is 118 Å². The molecule has 3 amide bonds. The number of rotatable bonds is 5. The van der Waals surface area contributed by atoms with Crippen molar-refractivity contribution in [2.45, 2.75) is 189 Å². The second-order valence-corrected chi connectivity index (χ2v) is 20.3. The van der Waals surface area contributed by atoms with E-state index in [-0.39, 0.29) is 0 Å². The molecular weight excluding hydrogens is 822 g/mol. The Morgan fingerprint density at radius 1 is 0.613 bits per heavy atom. The molecule has 1 fully saturated rings. The number of carbonyl (C=O) groups is 6. The standard InChI is InChI=1S/C40H63N5O17/c1-35(2,3)57-29(47)44-25-22(26(46)43-28(42-25)45(30(48)58-36(4,5)6)31(49)59-37(7,8)9)41-21-24(56-34(52)62-40(16,17)18)23(55-33(51)61-39(13,14)15)20(54-27(21)44)19-53-32(50)60-38(10,11)12/h20-21,23-24,27,41H,19H2,1-18H3,(H,42,43,46). The van der Waals surface area contributed by atoms with Crippen molar-refractivity contribution in [1.82, 2.24) is 9.97 Å². The number of aromatic nitrogens is 2. The largest absolute Gasteiger partial charge is 0.509 e. The second-order valence-electron chi connectivity index (χ2n) is 20.3. The van der Waals surface area contributed by atoms with Crippen LogP contribution in [0.25, 0.3) is 0 Å². The van der Waals surface area contributed by atoms with Gasteiger partial charge in [-0.05, 0) is 125 Å². The van der Waals surface area contributed by atoms with Crippen LogP contribution in [0.3, 0.4) is 0 Å². The van der Waals surface area contributed by atoms with Crippen molar-refractivity contribution in [3.8, 4) is 0 Å². The highest BCUT2D eigenvalue weighted by Gasteiger charge is 2.58. The van der Waals surface area contributed by atoms with E-state index in [1.165, 1.54) is 41.5 Å². The summed E-state index contributed by atoms with van der Waals surface area (Å²) < 4.78 is 56.2. The number of imide groups is 1. The summed E-state index contributed by atoms with van der Waals surface area (Å²) in [6.45, 7) is 27.3. The molecular formula is C40H63N5O17. The van der Waals surface area contributed by atoms with Crippen molar-refractivity contribution in [3.05, 3.63) is 10.4 Å². The minimum absolute atomic E-state index is 0.329. The van der Waals surface area contributed by atoms with Gasteiger partial charge >= 0.3 is 36.7 Å². The third-order valence-corrected chi connectivity index (χ3v) is 7.30. The van der Waals surface area contributed by atoms with E-state index in [1.807, 2.05) is 0 Å². The zero-order chi connectivity index (χ0) is 47.7. The quantitative estimate of drug-likeness (QED) is 0.217. The Hall–Kier alpha value is -5.54. The number of hydrogen-bond acceptors (Lipinski definition) is 19. The average molecular weight is 886 g/mol. The summed E-state index contributed by atoms with van der Waals surface area (Å²) in [5, 5.41) is 2.87. The summed E-state index contributed by atoms with van der Waals surface area (Å²) in [7, 11) is 0. The number of carbonyl (C=O) groups excluding carboxylic acids is 6. The molecule has 0 aromatic carbocycles. The molecule has 22 heteroatoms. The van der Waals surface area contributed by atoms with Gasteiger partial charge in [-0.1, -0.05) is 0 Å². The SMILES string of the molecule is CC(C)(C)OC(=O)OCC1OC2C(Nc3c(nc(N(C(=O)OC(C)(C)C)C(=O)OC(C)(C)C)[nH]c3=O)N2C(=O)OC(C)(C)C)C(OC(=O)OC(C)(C)C)C1OC(=O)OC(C)(C)C. The molecule has 1 saturated heterocycles. The zero-order valence-electron chi connectivity index (χ0n) is 38.9. The van der Waals surface area contributed by atoms with Gasteiger partial charge in [0.1, 0.15) is 58.0 Å². The molecule has 2 aliphatic heterocycles. The Morgan fingerprint density at radius 3 is 1.47 bits per heavy atom. The minimum Gasteiger partial charge on any atom is -0.443 e. The molecule has 1 aromatic rings. The van der Waals surface area contributed by atoms with Crippen LogP contribution < -0.4 is 20.7 Å². The van der Waals surface area contributed by atoms with Crippen molar-refractivity contribution >= 4 is 54.2 Å². The predicted octanol–water partition coefficient (Wildman–Crippen LogP) is 7.30. The molecule has 0 radical (unpaired) electrons. The van der Waals surface area contributed by atoms with Crippen LogP contribution in [0.5, 0.6) is 0 Å². The number of aromatic amines is 1. The van der Waals surface area contributed by atoms with Crippen LogP contribution in [0.4, 0.5) is 46.2 Å². The van der Waals surface area contributed by atoms with E-state index in [4.69, 9.17) is 47.4 Å². The summed E-state index contributed by atoms with van der Waals surface area (Å²) in [4.78, 5) is 103. The lowest BCUT2D eigenvalue weighted by atomic mass is 9.93. The summed E-state index contributed by atoms with van der Waals surface area (Å²) in [5.41, 5.74) is -8.28. The van der Waals surface area contributed by atoms with Crippen LogP contribution in [0.1, 0.15) is 125 Å². The van der Waals surface area contributed by atoms with Crippen LogP contribution in [0.15, 0.2) is 4.79 Å². The molecule has 3 rings (SSSR count). The number of ether oxygens (including phenoxy) is 10. The van der Waals surface area contributed by atoms with Gasteiger partial charge in [-0.2, -0.15) is 4.98 Å². The maximum Gasteiger partial charge on any atom is 0.509 e. The fourth-order valence-corrected chi connectivity index (χ4v) is 5.42. The monoisotopic (exact) mass is 885 g/mol. The lowest BCUT2D eigenvalue weighted by Gasteiger charge is -2.50. The van der Waals surface area contributed by atoms with Gasteiger partial charge in [0.2, 0.25) is 5.95 Å². The summed E-state index contributed by atoms with van der Waals surface area (Å²) in [5.74, 6) is -1.31. The Bertz CT molecular complexity index is 1880. The molecule has 0 spiro atoms. The fourth-order valence-electron chi connectivity index (χ4n) is 5.42. The topological polar surface area (TPSA) is 259 Å². The molecule has 1 aromatic heterocycles. The lowest BCUT2D eigenvalue weighted by Crippen LogP contribution is -2.70. The predicted molar refractivity (Wildman–Crippen MR) is 219 cm³/mol. The van der Waals surface area contributed by atoms with E-state index < -0.39 is 131 Å². The molecule has 62 heavy (non-hydrogen) atoms. The van der Waals surface area contributed by atoms with E-state index in [0.717, 1.165) is 4.90 Å². The maximum absolute atomic E-state index is 14.4. The molecule has 3 heterocycles. The highest BCUT2D eigenvalue weighted by molar-refractivity contribution is 6.08. The maximum atomic E-state index is 14.4. The van der Waals surface area contributed by atoms with Crippen molar-refractivity contribution in [3.63, 3.8) is 0 Å². The van der Waals surface area contributed by atoms with E-state index in [9.17, 15) is 33.6 Å². The second kappa shape index (κ2) is 18.1. The molecule has 22 nitrogen and oxygen atoms in total. The number of H-pyrrole nitrogens is 1. The van der Waals surface area contributed by atoms with E-state index in [2.05, 4.69) is 15.3 Å². The van der Waals surface area contributed by atoms with Crippen molar-refractivity contribution < 1.29 is 76.1 Å². The molecule has 0 saturated carbocycles. The summed E-state index contributed by atoms with van der Waals surface area (Å²) in [6, 6.07) is -1.55. The van der Waals surface area contributed by atoms with Crippen LogP contribution in [0.2, 0.25) is 0 Å². The number of fused-ring (bicyclic) bond motifs is 2. The Kier molecular flexibility index (Phi) is 14.8. The number of nitrogens with zero attached hydrogens (tertiary/aromatic N) is 3.